The van der Waals surface area contributed by atoms with Gasteiger partial charge < -0.3 is 18.9 Å². The Morgan fingerprint density at radius 3 is 2.95 bits per heavy atom. The van der Waals surface area contributed by atoms with E-state index in [2.05, 4.69) is 15.9 Å². The number of likely N-dealkylation sites (tertiary alicyclic amines) is 1. The van der Waals surface area contributed by atoms with Crippen molar-refractivity contribution in [1.29, 1.82) is 0 Å². The first-order valence-electron chi connectivity index (χ1n) is 6.79. The van der Waals surface area contributed by atoms with Crippen molar-refractivity contribution in [2.24, 2.45) is 13.0 Å². The minimum Gasteiger partial charge on any atom is -0.382 e. The first kappa shape index (κ1) is 15.5. The lowest BCUT2D eigenvalue weighted by Gasteiger charge is -2.17. The highest BCUT2D eigenvalue weighted by atomic mass is 79.9. The topological polar surface area (TPSA) is 43.7 Å². The molecule has 2 heterocycles. The molecule has 20 heavy (non-hydrogen) atoms. The standard InChI is InChI=1S/C14H21BrN2O3/c1-16-9-12(15)7-13(16)14(18)17-4-3-11(8-17)10-20-6-5-19-2/h7,9,11H,3-6,8,10H2,1-2H3. The number of rotatable bonds is 6. The maximum absolute atomic E-state index is 12.4. The Labute approximate surface area is 128 Å². The molecule has 1 amide bonds. The zero-order valence-electron chi connectivity index (χ0n) is 12.0. The van der Waals surface area contributed by atoms with Crippen molar-refractivity contribution in [3.8, 4) is 0 Å². The number of ether oxygens (including phenoxy) is 2. The van der Waals surface area contributed by atoms with E-state index in [1.165, 1.54) is 0 Å². The summed E-state index contributed by atoms with van der Waals surface area (Å²) in [5, 5.41) is 0. The zero-order valence-corrected chi connectivity index (χ0v) is 13.6. The van der Waals surface area contributed by atoms with E-state index in [0.717, 1.165) is 29.7 Å². The van der Waals surface area contributed by atoms with Crippen molar-refractivity contribution >= 4 is 21.8 Å². The maximum Gasteiger partial charge on any atom is 0.270 e. The Bertz CT molecular complexity index is 461. The third-order valence-corrected chi connectivity index (χ3v) is 3.98. The minimum absolute atomic E-state index is 0.0950. The van der Waals surface area contributed by atoms with Gasteiger partial charge in [0.05, 0.1) is 19.8 Å². The smallest absolute Gasteiger partial charge is 0.270 e. The Morgan fingerprint density at radius 2 is 2.30 bits per heavy atom. The Balaban J connectivity index is 1.83. The number of methoxy groups -OCH3 is 1. The molecule has 112 valence electrons. The molecule has 0 saturated carbocycles. The SMILES string of the molecule is COCCOCC1CCN(C(=O)c2cc(Br)cn2C)C1. The number of amides is 1. The van der Waals surface area contributed by atoms with E-state index in [-0.39, 0.29) is 5.91 Å². The summed E-state index contributed by atoms with van der Waals surface area (Å²) in [6.07, 6.45) is 2.90. The fraction of sp³-hybridized carbons (Fsp3) is 0.643. The van der Waals surface area contributed by atoms with E-state index in [0.29, 0.717) is 25.7 Å². The molecule has 0 radical (unpaired) electrons. The normalized spacial score (nSPS) is 18.8. The molecular formula is C14H21BrN2O3. The molecule has 1 aliphatic rings. The van der Waals surface area contributed by atoms with Crippen molar-refractivity contribution in [2.75, 3.05) is 40.0 Å². The van der Waals surface area contributed by atoms with Crippen LogP contribution in [0.15, 0.2) is 16.7 Å². The third kappa shape index (κ3) is 3.84. The molecule has 1 aromatic rings. The average molecular weight is 345 g/mol. The van der Waals surface area contributed by atoms with E-state index in [1.54, 1.807) is 7.11 Å². The van der Waals surface area contributed by atoms with Crippen molar-refractivity contribution < 1.29 is 14.3 Å². The van der Waals surface area contributed by atoms with Gasteiger partial charge in [-0.2, -0.15) is 0 Å². The van der Waals surface area contributed by atoms with Crippen molar-refractivity contribution in [3.63, 3.8) is 0 Å². The van der Waals surface area contributed by atoms with Gasteiger partial charge in [-0.25, -0.2) is 0 Å². The minimum atomic E-state index is 0.0950. The summed E-state index contributed by atoms with van der Waals surface area (Å²) in [5.41, 5.74) is 0.720. The lowest BCUT2D eigenvalue weighted by atomic mass is 10.1. The van der Waals surface area contributed by atoms with Crippen molar-refractivity contribution in [3.05, 3.63) is 22.4 Å². The Morgan fingerprint density at radius 1 is 1.50 bits per heavy atom. The summed E-state index contributed by atoms with van der Waals surface area (Å²) in [5.74, 6) is 0.525. The van der Waals surface area contributed by atoms with E-state index >= 15 is 0 Å². The first-order chi connectivity index (χ1) is 9.61. The molecule has 1 atom stereocenters. The van der Waals surface area contributed by atoms with Crippen LogP contribution in [-0.2, 0) is 16.5 Å². The van der Waals surface area contributed by atoms with Crippen LogP contribution < -0.4 is 0 Å². The van der Waals surface area contributed by atoms with Crippen LogP contribution in [0, 0.1) is 5.92 Å². The van der Waals surface area contributed by atoms with Crippen LogP contribution in [0.1, 0.15) is 16.9 Å². The van der Waals surface area contributed by atoms with Crippen LogP contribution in [0.5, 0.6) is 0 Å². The second kappa shape index (κ2) is 7.24. The highest BCUT2D eigenvalue weighted by Gasteiger charge is 2.28. The number of aromatic nitrogens is 1. The predicted molar refractivity (Wildman–Crippen MR) is 79.8 cm³/mol. The summed E-state index contributed by atoms with van der Waals surface area (Å²) in [6.45, 7) is 3.51. The van der Waals surface area contributed by atoms with Crippen molar-refractivity contribution in [2.45, 2.75) is 6.42 Å². The third-order valence-electron chi connectivity index (χ3n) is 3.55. The number of nitrogens with zero attached hydrogens (tertiary/aromatic N) is 2. The van der Waals surface area contributed by atoms with E-state index in [9.17, 15) is 4.79 Å². The molecule has 0 spiro atoms. The molecule has 2 rings (SSSR count). The highest BCUT2D eigenvalue weighted by Crippen LogP contribution is 2.21. The van der Waals surface area contributed by atoms with Crippen LogP contribution >= 0.6 is 15.9 Å². The number of hydrogen-bond donors (Lipinski definition) is 0. The predicted octanol–water partition coefficient (Wildman–Crippen LogP) is 1.91. The van der Waals surface area contributed by atoms with Gasteiger partial charge in [-0.1, -0.05) is 0 Å². The highest BCUT2D eigenvalue weighted by molar-refractivity contribution is 9.10. The largest absolute Gasteiger partial charge is 0.382 e. The number of carbonyl (C=O) groups is 1. The lowest BCUT2D eigenvalue weighted by molar-refractivity contribution is 0.0514. The van der Waals surface area contributed by atoms with Gasteiger partial charge >= 0.3 is 0 Å². The summed E-state index contributed by atoms with van der Waals surface area (Å²) in [7, 11) is 3.55. The molecule has 1 aromatic heterocycles. The van der Waals surface area contributed by atoms with Crippen LogP contribution in [0.4, 0.5) is 0 Å². The molecule has 1 unspecified atom stereocenters. The Kier molecular flexibility index (Phi) is 5.63. The zero-order chi connectivity index (χ0) is 14.5. The van der Waals surface area contributed by atoms with Gasteiger partial charge in [-0.3, -0.25) is 4.79 Å². The van der Waals surface area contributed by atoms with E-state index in [1.807, 2.05) is 28.8 Å². The maximum atomic E-state index is 12.4. The number of halogens is 1. The second-order valence-corrected chi connectivity index (χ2v) is 6.04. The number of carbonyl (C=O) groups excluding carboxylic acids is 1. The fourth-order valence-electron chi connectivity index (χ4n) is 2.44. The molecule has 1 saturated heterocycles. The first-order valence-corrected chi connectivity index (χ1v) is 7.59. The molecule has 0 aliphatic carbocycles. The molecule has 1 aliphatic heterocycles. The van der Waals surface area contributed by atoms with Gasteiger partial charge in [0.25, 0.3) is 5.91 Å². The summed E-state index contributed by atoms with van der Waals surface area (Å²) in [4.78, 5) is 14.3. The monoisotopic (exact) mass is 344 g/mol. The summed E-state index contributed by atoms with van der Waals surface area (Å²) >= 11 is 3.40. The molecule has 0 N–H and O–H groups in total. The van der Waals surface area contributed by atoms with Gasteiger partial charge in [-0.15, -0.1) is 0 Å². The van der Waals surface area contributed by atoms with Crippen LogP contribution in [0.25, 0.3) is 0 Å². The second-order valence-electron chi connectivity index (χ2n) is 5.13. The number of hydrogen-bond acceptors (Lipinski definition) is 3. The van der Waals surface area contributed by atoms with Crippen LogP contribution in [0.2, 0.25) is 0 Å². The summed E-state index contributed by atoms with van der Waals surface area (Å²) in [6, 6.07) is 1.87. The molecule has 1 fully saturated rings. The van der Waals surface area contributed by atoms with Crippen molar-refractivity contribution in [1.82, 2.24) is 9.47 Å². The summed E-state index contributed by atoms with van der Waals surface area (Å²) < 4.78 is 13.3. The van der Waals surface area contributed by atoms with Gasteiger partial charge in [-0.05, 0) is 28.4 Å². The fourth-order valence-corrected chi connectivity index (χ4v) is 2.97. The van der Waals surface area contributed by atoms with Gasteiger partial charge in [0.15, 0.2) is 0 Å². The lowest BCUT2D eigenvalue weighted by Crippen LogP contribution is -2.30. The number of aryl methyl sites for hydroxylation is 1. The van der Waals surface area contributed by atoms with E-state index in [4.69, 9.17) is 9.47 Å². The molecule has 5 nitrogen and oxygen atoms in total. The van der Waals surface area contributed by atoms with E-state index < -0.39 is 0 Å². The van der Waals surface area contributed by atoms with Gasteiger partial charge in [0, 0.05) is 43.8 Å². The average Bonchev–Trinajstić information content (AvgIpc) is 3.01. The quantitative estimate of drug-likeness (QED) is 0.740. The van der Waals surface area contributed by atoms with Gasteiger partial charge in [0.1, 0.15) is 5.69 Å². The molecule has 0 aromatic carbocycles. The Hall–Kier alpha value is -0.850. The molecule has 6 heteroatoms. The molecule has 0 bridgehead atoms. The van der Waals surface area contributed by atoms with Gasteiger partial charge in [0.2, 0.25) is 0 Å². The molecular weight excluding hydrogens is 324 g/mol. The van der Waals surface area contributed by atoms with Crippen LogP contribution in [0.3, 0.4) is 0 Å². The van der Waals surface area contributed by atoms with Crippen LogP contribution in [-0.4, -0.2) is 55.4 Å².